The monoisotopic (exact) mass is 305 g/mol. The summed E-state index contributed by atoms with van der Waals surface area (Å²) in [5.41, 5.74) is 0.120. The van der Waals surface area contributed by atoms with Crippen molar-refractivity contribution < 1.29 is 12.8 Å². The lowest BCUT2D eigenvalue weighted by atomic mass is 9.67. The molecule has 0 aromatic heterocycles. The summed E-state index contributed by atoms with van der Waals surface area (Å²) >= 11 is 6.08. The molecule has 0 saturated heterocycles. The highest BCUT2D eigenvalue weighted by molar-refractivity contribution is 7.89. The van der Waals surface area contributed by atoms with Gasteiger partial charge in [0, 0.05) is 11.4 Å². The number of aryl methyl sites for hydroxylation is 1. The molecule has 3 nitrogen and oxygen atoms in total. The van der Waals surface area contributed by atoms with Crippen LogP contribution in [0.4, 0.5) is 4.39 Å². The van der Waals surface area contributed by atoms with Crippen LogP contribution in [0.15, 0.2) is 23.1 Å². The quantitative estimate of drug-likeness (QED) is 0.873. The Hall–Kier alpha value is -0.650. The van der Waals surface area contributed by atoms with Gasteiger partial charge in [0.15, 0.2) is 0 Å². The summed E-state index contributed by atoms with van der Waals surface area (Å²) in [6.07, 6.45) is 0.605. The van der Waals surface area contributed by atoms with E-state index in [4.69, 9.17) is 11.6 Å². The van der Waals surface area contributed by atoms with Crippen LogP contribution in [0.5, 0.6) is 0 Å². The van der Waals surface area contributed by atoms with Crippen LogP contribution in [-0.2, 0) is 10.0 Å². The molecule has 1 aliphatic rings. The number of halogens is 2. The van der Waals surface area contributed by atoms with E-state index in [1.807, 2.05) is 13.8 Å². The molecule has 0 bridgehead atoms. The van der Waals surface area contributed by atoms with Gasteiger partial charge in [0.1, 0.15) is 5.82 Å². The summed E-state index contributed by atoms with van der Waals surface area (Å²) in [5.74, 6) is -0.443. The van der Waals surface area contributed by atoms with Crippen molar-refractivity contribution in [3.8, 4) is 0 Å². The van der Waals surface area contributed by atoms with Gasteiger partial charge in [-0.1, -0.05) is 13.8 Å². The van der Waals surface area contributed by atoms with Crippen molar-refractivity contribution in [2.45, 2.75) is 43.5 Å². The predicted molar refractivity (Wildman–Crippen MR) is 73.3 cm³/mol. The van der Waals surface area contributed by atoms with Crippen molar-refractivity contribution in [2.75, 3.05) is 0 Å². The summed E-state index contributed by atoms with van der Waals surface area (Å²) in [7, 11) is -3.64. The average molecular weight is 306 g/mol. The summed E-state index contributed by atoms with van der Waals surface area (Å²) in [6.45, 7) is 5.44. The predicted octanol–water partition coefficient (Wildman–Crippen LogP) is 2.82. The Bertz CT molecular complexity index is 601. The Balaban J connectivity index is 2.25. The number of hydrogen-bond donors (Lipinski definition) is 1. The zero-order chi connectivity index (χ0) is 14.4. The maximum atomic E-state index is 13.0. The van der Waals surface area contributed by atoms with Crippen LogP contribution in [0, 0.1) is 18.2 Å². The summed E-state index contributed by atoms with van der Waals surface area (Å²) < 4.78 is 40.2. The van der Waals surface area contributed by atoms with Crippen LogP contribution in [0.1, 0.15) is 25.8 Å². The molecule has 1 N–H and O–H groups in total. The van der Waals surface area contributed by atoms with E-state index in [2.05, 4.69) is 4.72 Å². The highest BCUT2D eigenvalue weighted by Gasteiger charge is 2.48. The van der Waals surface area contributed by atoms with Gasteiger partial charge >= 0.3 is 0 Å². The molecule has 19 heavy (non-hydrogen) atoms. The van der Waals surface area contributed by atoms with Gasteiger partial charge in [0.2, 0.25) is 10.0 Å². The third-order valence-corrected chi connectivity index (χ3v) is 6.24. The normalized spacial score (nSPS) is 25.9. The molecule has 1 aromatic rings. The fourth-order valence-corrected chi connectivity index (χ4v) is 4.20. The van der Waals surface area contributed by atoms with Crippen molar-refractivity contribution in [1.29, 1.82) is 0 Å². The van der Waals surface area contributed by atoms with Gasteiger partial charge in [0.05, 0.1) is 4.90 Å². The lowest BCUT2D eigenvalue weighted by Gasteiger charge is -2.49. The third kappa shape index (κ3) is 2.64. The topological polar surface area (TPSA) is 46.2 Å². The standard InChI is InChI=1S/C13H17ClFNO2S/c1-8-6-9(15)4-5-10(8)19(17,18)16-12-7-11(14)13(12,2)3/h4-6,11-12,16H,7H2,1-3H3. The molecule has 1 aromatic carbocycles. The summed E-state index contributed by atoms with van der Waals surface area (Å²) in [4.78, 5) is 0.114. The highest BCUT2D eigenvalue weighted by Crippen LogP contribution is 2.44. The number of sulfonamides is 1. The lowest BCUT2D eigenvalue weighted by molar-refractivity contribution is 0.137. The molecule has 6 heteroatoms. The molecule has 0 spiro atoms. The fourth-order valence-electron chi connectivity index (χ4n) is 2.24. The van der Waals surface area contributed by atoms with Crippen molar-refractivity contribution in [1.82, 2.24) is 4.72 Å². The Morgan fingerprint density at radius 1 is 1.42 bits per heavy atom. The van der Waals surface area contributed by atoms with Gasteiger partial charge in [0.25, 0.3) is 0 Å². The van der Waals surface area contributed by atoms with Gasteiger partial charge in [-0.05, 0) is 42.5 Å². The van der Waals surface area contributed by atoms with Crippen molar-refractivity contribution in [3.05, 3.63) is 29.6 Å². The van der Waals surface area contributed by atoms with E-state index >= 15 is 0 Å². The van der Waals surface area contributed by atoms with Crippen molar-refractivity contribution >= 4 is 21.6 Å². The second kappa shape index (κ2) is 4.72. The number of benzene rings is 1. The Morgan fingerprint density at radius 3 is 2.53 bits per heavy atom. The first-order chi connectivity index (χ1) is 8.64. The van der Waals surface area contributed by atoms with Crippen LogP contribution in [0.3, 0.4) is 0 Å². The zero-order valence-electron chi connectivity index (χ0n) is 11.1. The number of rotatable bonds is 3. The molecule has 1 fully saturated rings. The second-order valence-corrected chi connectivity index (χ2v) is 7.82. The zero-order valence-corrected chi connectivity index (χ0v) is 12.6. The van der Waals surface area contributed by atoms with E-state index in [0.29, 0.717) is 12.0 Å². The third-order valence-electron chi connectivity index (χ3n) is 3.87. The number of nitrogens with one attached hydrogen (secondary N) is 1. The van der Waals surface area contributed by atoms with Gasteiger partial charge in [-0.2, -0.15) is 0 Å². The molecular formula is C13H17ClFNO2S. The van der Waals surface area contributed by atoms with E-state index in [0.717, 1.165) is 6.07 Å². The van der Waals surface area contributed by atoms with Crippen molar-refractivity contribution in [2.24, 2.45) is 5.41 Å². The van der Waals surface area contributed by atoms with E-state index in [1.165, 1.54) is 12.1 Å². The largest absolute Gasteiger partial charge is 0.241 e. The maximum Gasteiger partial charge on any atom is 0.241 e. The summed E-state index contributed by atoms with van der Waals surface area (Å²) in [6, 6.07) is 3.46. The number of hydrogen-bond acceptors (Lipinski definition) is 2. The van der Waals surface area contributed by atoms with E-state index in [-0.39, 0.29) is 21.7 Å². The second-order valence-electron chi connectivity index (χ2n) is 5.61. The molecule has 1 saturated carbocycles. The SMILES string of the molecule is Cc1cc(F)ccc1S(=O)(=O)NC1CC(Cl)C1(C)C. The van der Waals surface area contributed by atoms with Crippen LogP contribution in [-0.4, -0.2) is 19.8 Å². The first kappa shape index (κ1) is 14.8. The Labute approximate surface area is 118 Å². The minimum Gasteiger partial charge on any atom is -0.207 e. The highest BCUT2D eigenvalue weighted by atomic mass is 35.5. The van der Waals surface area contributed by atoms with E-state index < -0.39 is 15.8 Å². The van der Waals surface area contributed by atoms with Gasteiger partial charge < -0.3 is 0 Å². The van der Waals surface area contributed by atoms with Crippen LogP contribution < -0.4 is 4.72 Å². The molecule has 2 atom stereocenters. The summed E-state index contributed by atoms with van der Waals surface area (Å²) in [5, 5.41) is -0.0329. The Morgan fingerprint density at radius 2 is 2.05 bits per heavy atom. The molecular weight excluding hydrogens is 289 g/mol. The first-order valence-electron chi connectivity index (χ1n) is 6.07. The molecule has 2 unspecified atom stereocenters. The molecule has 1 aliphatic carbocycles. The fraction of sp³-hybridized carbons (Fsp3) is 0.538. The van der Waals surface area contributed by atoms with Crippen molar-refractivity contribution in [3.63, 3.8) is 0 Å². The molecule has 0 radical (unpaired) electrons. The van der Waals surface area contributed by atoms with Crippen LogP contribution in [0.2, 0.25) is 0 Å². The molecule has 2 rings (SSSR count). The van der Waals surface area contributed by atoms with Gasteiger partial charge in [-0.25, -0.2) is 17.5 Å². The lowest BCUT2D eigenvalue weighted by Crippen LogP contribution is -2.59. The molecule has 0 heterocycles. The average Bonchev–Trinajstić information content (AvgIpc) is 2.27. The first-order valence-corrected chi connectivity index (χ1v) is 7.99. The van der Waals surface area contributed by atoms with Crippen LogP contribution >= 0.6 is 11.6 Å². The smallest absolute Gasteiger partial charge is 0.207 e. The molecule has 106 valence electrons. The van der Waals surface area contributed by atoms with E-state index in [1.54, 1.807) is 6.92 Å². The van der Waals surface area contributed by atoms with Crippen LogP contribution in [0.25, 0.3) is 0 Å². The number of alkyl halides is 1. The minimum atomic E-state index is -3.64. The Kier molecular flexibility index (Phi) is 3.66. The van der Waals surface area contributed by atoms with E-state index in [9.17, 15) is 12.8 Å². The minimum absolute atomic E-state index is 0.0329. The maximum absolute atomic E-state index is 13.0. The van der Waals surface area contributed by atoms with Gasteiger partial charge in [-0.15, -0.1) is 11.6 Å². The van der Waals surface area contributed by atoms with Gasteiger partial charge in [-0.3, -0.25) is 0 Å². The molecule has 0 amide bonds. The molecule has 0 aliphatic heterocycles.